The Hall–Kier alpha value is -0.415. The van der Waals surface area contributed by atoms with Crippen molar-refractivity contribution in [3.05, 3.63) is 30.3 Å². The maximum Gasteiger partial charge on any atom is 0.712 e. The van der Waals surface area contributed by atoms with Crippen LogP contribution in [0.5, 0.6) is 5.75 Å². The number of para-hydroxylation sites is 1. The fourth-order valence-corrected chi connectivity index (χ4v) is 0.907. The van der Waals surface area contributed by atoms with Crippen LogP contribution < -0.4 is 4.65 Å². The van der Waals surface area contributed by atoms with E-state index in [1.165, 1.54) is 0 Å². The monoisotopic (exact) mass is 220 g/mol. The maximum atomic E-state index is 9.06. The molecule has 0 aromatic heterocycles. The Morgan fingerprint density at radius 3 is 2.38 bits per heavy atom. The van der Waals surface area contributed by atoms with E-state index >= 15 is 0 Å². The van der Waals surface area contributed by atoms with Crippen molar-refractivity contribution in [1.82, 2.24) is 0 Å². The number of benzene rings is 1. The topological polar surface area (TPSA) is 38.7 Å². The fraction of sp³-hybridized carbons (Fsp3) is 0.143. The SMILES string of the molecule is OB(Oc1ccccc1)OC(Cl)Cl. The van der Waals surface area contributed by atoms with Crippen molar-refractivity contribution in [1.29, 1.82) is 0 Å². The molecule has 6 heteroatoms. The van der Waals surface area contributed by atoms with Crippen molar-refractivity contribution in [3.63, 3.8) is 0 Å². The maximum absolute atomic E-state index is 9.06. The van der Waals surface area contributed by atoms with E-state index in [0.717, 1.165) is 0 Å². The van der Waals surface area contributed by atoms with E-state index in [9.17, 15) is 0 Å². The van der Waals surface area contributed by atoms with E-state index < -0.39 is 12.3 Å². The van der Waals surface area contributed by atoms with Crippen molar-refractivity contribution >= 4 is 30.5 Å². The lowest BCUT2D eigenvalue weighted by atomic mass is 10.2. The summed E-state index contributed by atoms with van der Waals surface area (Å²) in [5, 5.41) is 7.95. The standard InChI is InChI=1S/C7H7BCl2O3/c9-7(10)13-8(11)12-6-4-2-1-3-5-6/h1-5,7,11H. The zero-order valence-corrected chi connectivity index (χ0v) is 8.07. The summed E-state index contributed by atoms with van der Waals surface area (Å²) in [5.74, 6) is 0.476. The van der Waals surface area contributed by atoms with Crippen molar-refractivity contribution in [3.8, 4) is 5.75 Å². The Balaban J connectivity index is 2.41. The van der Waals surface area contributed by atoms with Crippen LogP contribution in [0.25, 0.3) is 0 Å². The van der Waals surface area contributed by atoms with Gasteiger partial charge in [-0.3, -0.25) is 0 Å². The van der Waals surface area contributed by atoms with Gasteiger partial charge in [0, 0.05) is 0 Å². The van der Waals surface area contributed by atoms with E-state index in [-0.39, 0.29) is 0 Å². The second-order valence-corrected chi connectivity index (χ2v) is 3.15. The minimum atomic E-state index is -1.46. The Kier molecular flexibility index (Phi) is 4.38. The van der Waals surface area contributed by atoms with Crippen LogP contribution in [-0.4, -0.2) is 17.4 Å². The summed E-state index contributed by atoms with van der Waals surface area (Å²) in [6.07, 6.45) is 0. The lowest BCUT2D eigenvalue weighted by Crippen LogP contribution is -2.27. The number of alkyl halides is 2. The molecule has 0 aliphatic rings. The van der Waals surface area contributed by atoms with Gasteiger partial charge in [0.25, 0.3) is 0 Å². The normalized spacial score (nSPS) is 10.2. The Morgan fingerprint density at radius 1 is 1.23 bits per heavy atom. The zero-order chi connectivity index (χ0) is 9.68. The lowest BCUT2D eigenvalue weighted by molar-refractivity contribution is 0.210. The van der Waals surface area contributed by atoms with Crippen LogP contribution in [0.15, 0.2) is 30.3 Å². The minimum absolute atomic E-state index is 0.476. The number of hydrogen-bond acceptors (Lipinski definition) is 3. The number of rotatable bonds is 4. The Morgan fingerprint density at radius 2 is 1.85 bits per heavy atom. The molecule has 13 heavy (non-hydrogen) atoms. The minimum Gasteiger partial charge on any atom is -0.512 e. The van der Waals surface area contributed by atoms with Crippen molar-refractivity contribution < 1.29 is 14.3 Å². The molecular weight excluding hydrogens is 214 g/mol. The molecule has 0 fully saturated rings. The van der Waals surface area contributed by atoms with Gasteiger partial charge in [-0.05, 0) is 12.1 Å². The van der Waals surface area contributed by atoms with Gasteiger partial charge < -0.3 is 14.3 Å². The predicted octanol–water partition coefficient (Wildman–Crippen LogP) is 1.82. The molecule has 1 N–H and O–H groups in total. The molecule has 1 aromatic rings. The van der Waals surface area contributed by atoms with Gasteiger partial charge in [-0.1, -0.05) is 41.4 Å². The molecule has 0 bridgehead atoms. The summed E-state index contributed by atoms with van der Waals surface area (Å²) in [5.41, 5.74) is 0. The molecule has 0 amide bonds. The van der Waals surface area contributed by atoms with Crippen LogP contribution in [0.2, 0.25) is 0 Å². The van der Waals surface area contributed by atoms with E-state index in [2.05, 4.69) is 4.65 Å². The van der Waals surface area contributed by atoms with Gasteiger partial charge in [-0.15, -0.1) is 0 Å². The van der Waals surface area contributed by atoms with Crippen LogP contribution in [0.1, 0.15) is 0 Å². The van der Waals surface area contributed by atoms with Gasteiger partial charge in [0.1, 0.15) is 5.75 Å². The zero-order valence-electron chi connectivity index (χ0n) is 6.56. The molecule has 3 nitrogen and oxygen atoms in total. The Bertz CT molecular complexity index is 245. The van der Waals surface area contributed by atoms with Crippen molar-refractivity contribution in [2.45, 2.75) is 5.02 Å². The van der Waals surface area contributed by atoms with Gasteiger partial charge in [-0.25, -0.2) is 0 Å². The number of hydrogen-bond donors (Lipinski definition) is 1. The molecule has 0 saturated heterocycles. The van der Waals surface area contributed by atoms with Gasteiger partial charge in [0.2, 0.25) is 0 Å². The highest BCUT2D eigenvalue weighted by Crippen LogP contribution is 2.11. The summed E-state index contributed by atoms with van der Waals surface area (Å²) < 4.78 is 9.41. The third-order valence-corrected chi connectivity index (χ3v) is 1.41. The van der Waals surface area contributed by atoms with Gasteiger partial charge in [0.05, 0.1) is 0 Å². The average molecular weight is 221 g/mol. The van der Waals surface area contributed by atoms with Crippen molar-refractivity contribution in [2.75, 3.05) is 0 Å². The molecule has 0 aliphatic heterocycles. The van der Waals surface area contributed by atoms with E-state index in [4.69, 9.17) is 32.9 Å². The summed E-state index contributed by atoms with van der Waals surface area (Å²) in [6, 6.07) is 8.70. The lowest BCUT2D eigenvalue weighted by Gasteiger charge is -2.09. The van der Waals surface area contributed by atoms with E-state index in [0.29, 0.717) is 5.75 Å². The quantitative estimate of drug-likeness (QED) is 0.622. The molecule has 0 aliphatic carbocycles. The van der Waals surface area contributed by atoms with Gasteiger partial charge in [0.15, 0.2) is 5.02 Å². The number of halogens is 2. The van der Waals surface area contributed by atoms with Crippen molar-refractivity contribution in [2.24, 2.45) is 0 Å². The Labute approximate surface area is 86.4 Å². The molecule has 0 saturated carbocycles. The first-order chi connectivity index (χ1) is 6.18. The van der Waals surface area contributed by atoms with Crippen LogP contribution in [0.3, 0.4) is 0 Å². The molecule has 0 radical (unpaired) electrons. The second kappa shape index (κ2) is 5.34. The molecule has 0 heterocycles. The highest BCUT2D eigenvalue weighted by Gasteiger charge is 2.21. The largest absolute Gasteiger partial charge is 0.712 e. The van der Waals surface area contributed by atoms with Crippen LogP contribution in [-0.2, 0) is 4.65 Å². The molecule has 0 unspecified atom stereocenters. The smallest absolute Gasteiger partial charge is 0.512 e. The first-order valence-corrected chi connectivity index (χ1v) is 4.39. The highest BCUT2D eigenvalue weighted by atomic mass is 35.5. The summed E-state index contributed by atoms with van der Waals surface area (Å²) in [7, 11) is -1.46. The van der Waals surface area contributed by atoms with Gasteiger partial charge >= 0.3 is 7.32 Å². The van der Waals surface area contributed by atoms with Crippen LogP contribution in [0, 0.1) is 0 Å². The van der Waals surface area contributed by atoms with Crippen LogP contribution >= 0.6 is 23.2 Å². The first kappa shape index (κ1) is 10.7. The third-order valence-electron chi connectivity index (χ3n) is 1.20. The average Bonchev–Trinajstić information content (AvgIpc) is 2.04. The molecule has 70 valence electrons. The van der Waals surface area contributed by atoms with Gasteiger partial charge in [-0.2, -0.15) is 0 Å². The second-order valence-electron chi connectivity index (χ2n) is 2.13. The molecule has 1 aromatic carbocycles. The van der Waals surface area contributed by atoms with E-state index in [1.807, 2.05) is 6.07 Å². The molecular formula is C7H7BCl2O3. The van der Waals surface area contributed by atoms with Crippen LogP contribution in [0.4, 0.5) is 0 Å². The molecule has 0 spiro atoms. The first-order valence-electron chi connectivity index (χ1n) is 3.52. The van der Waals surface area contributed by atoms with E-state index in [1.54, 1.807) is 24.3 Å². The summed E-state index contributed by atoms with van der Waals surface area (Å²) in [6.45, 7) is 0. The summed E-state index contributed by atoms with van der Waals surface area (Å²) in [4.78, 5) is 0. The predicted molar refractivity (Wildman–Crippen MR) is 51.6 cm³/mol. The highest BCUT2D eigenvalue weighted by molar-refractivity contribution is 6.46. The summed E-state index contributed by atoms with van der Waals surface area (Å²) >= 11 is 10.5. The fourth-order valence-electron chi connectivity index (χ4n) is 0.731. The third kappa shape index (κ3) is 4.38. The molecule has 0 atom stereocenters. The molecule has 1 rings (SSSR count).